The van der Waals surface area contributed by atoms with Crippen molar-refractivity contribution in [1.29, 1.82) is 0 Å². The standard InChI is InChI=1S/C30H23N5/c31-15-7-16-32-23-19-22(20-24(21-23)34-18-8-17-33-34)25-9-1-4-12-28(25)35-29-13-5-2-10-26(29)27-11-3-6-14-30(27)35/h1-21H,31H2. The van der Waals surface area contributed by atoms with Crippen LogP contribution in [0.4, 0.5) is 5.69 Å². The smallest absolute Gasteiger partial charge is 0.0673 e. The number of aliphatic imine (C=N–C) groups is 1. The molecular weight excluding hydrogens is 430 g/mol. The van der Waals surface area contributed by atoms with Crippen LogP contribution < -0.4 is 5.73 Å². The van der Waals surface area contributed by atoms with Gasteiger partial charge in [-0.2, -0.15) is 5.10 Å². The monoisotopic (exact) mass is 453 g/mol. The van der Waals surface area contributed by atoms with Gasteiger partial charge in [0.1, 0.15) is 0 Å². The van der Waals surface area contributed by atoms with E-state index in [1.54, 1.807) is 18.5 Å². The van der Waals surface area contributed by atoms with Crippen LogP contribution in [0.15, 0.2) is 127 Å². The molecule has 6 rings (SSSR count). The van der Waals surface area contributed by atoms with Crippen molar-refractivity contribution in [2.24, 2.45) is 10.7 Å². The van der Waals surface area contributed by atoms with Crippen LogP contribution in [0.5, 0.6) is 0 Å². The molecule has 0 aliphatic heterocycles. The van der Waals surface area contributed by atoms with Gasteiger partial charge in [-0.1, -0.05) is 54.6 Å². The van der Waals surface area contributed by atoms with Gasteiger partial charge in [0.2, 0.25) is 0 Å². The molecule has 168 valence electrons. The maximum Gasteiger partial charge on any atom is 0.0673 e. The minimum absolute atomic E-state index is 0.822. The number of hydrogen-bond donors (Lipinski definition) is 1. The van der Waals surface area contributed by atoms with Crippen LogP contribution in [0.1, 0.15) is 0 Å². The highest BCUT2D eigenvalue weighted by Gasteiger charge is 2.15. The van der Waals surface area contributed by atoms with Crippen molar-refractivity contribution in [1.82, 2.24) is 14.3 Å². The topological polar surface area (TPSA) is 61.1 Å². The zero-order valence-corrected chi connectivity index (χ0v) is 19.0. The minimum Gasteiger partial charge on any atom is -0.405 e. The molecule has 0 aliphatic carbocycles. The molecular formula is C30H23N5. The van der Waals surface area contributed by atoms with Crippen molar-refractivity contribution in [3.8, 4) is 22.5 Å². The lowest BCUT2D eigenvalue weighted by Crippen LogP contribution is -1.98. The van der Waals surface area contributed by atoms with Gasteiger partial charge < -0.3 is 10.3 Å². The number of allylic oxidation sites excluding steroid dienone is 1. The maximum absolute atomic E-state index is 5.50. The van der Waals surface area contributed by atoms with Crippen molar-refractivity contribution in [2.75, 3.05) is 0 Å². The Balaban J connectivity index is 1.62. The van der Waals surface area contributed by atoms with E-state index in [4.69, 9.17) is 5.73 Å². The number of nitrogens with two attached hydrogens (primary N) is 1. The number of para-hydroxylation sites is 3. The van der Waals surface area contributed by atoms with Gasteiger partial charge in [0, 0.05) is 34.9 Å². The summed E-state index contributed by atoms with van der Waals surface area (Å²) in [7, 11) is 0. The first kappa shape index (κ1) is 20.7. The summed E-state index contributed by atoms with van der Waals surface area (Å²) in [5, 5.41) is 6.91. The van der Waals surface area contributed by atoms with Crippen LogP contribution >= 0.6 is 0 Å². The Morgan fingerprint density at radius 3 is 2.20 bits per heavy atom. The van der Waals surface area contributed by atoms with Crippen molar-refractivity contribution in [2.45, 2.75) is 0 Å². The van der Waals surface area contributed by atoms with Gasteiger partial charge in [0.05, 0.1) is 28.1 Å². The molecule has 0 bridgehead atoms. The molecule has 0 spiro atoms. The Hall–Kier alpha value is -4.90. The third-order valence-electron chi connectivity index (χ3n) is 6.13. The summed E-state index contributed by atoms with van der Waals surface area (Å²) in [6.07, 6.45) is 8.60. The van der Waals surface area contributed by atoms with Crippen LogP contribution in [0.2, 0.25) is 0 Å². The second-order valence-corrected chi connectivity index (χ2v) is 8.24. The van der Waals surface area contributed by atoms with E-state index in [2.05, 4.69) is 99.6 Å². The maximum atomic E-state index is 5.50. The van der Waals surface area contributed by atoms with Gasteiger partial charge in [-0.3, -0.25) is 4.99 Å². The Morgan fingerprint density at radius 2 is 1.49 bits per heavy atom. The molecule has 6 aromatic rings. The number of fused-ring (bicyclic) bond motifs is 3. The normalized spacial score (nSPS) is 11.9. The molecule has 2 heterocycles. The van der Waals surface area contributed by atoms with Crippen molar-refractivity contribution in [3.63, 3.8) is 0 Å². The molecule has 0 saturated heterocycles. The highest BCUT2D eigenvalue weighted by atomic mass is 15.3. The molecule has 4 aromatic carbocycles. The first-order chi connectivity index (χ1) is 17.3. The summed E-state index contributed by atoms with van der Waals surface area (Å²) in [5.74, 6) is 0. The van der Waals surface area contributed by atoms with Gasteiger partial charge >= 0.3 is 0 Å². The van der Waals surface area contributed by atoms with E-state index in [9.17, 15) is 0 Å². The molecule has 2 N–H and O–H groups in total. The fourth-order valence-electron chi connectivity index (χ4n) is 4.65. The van der Waals surface area contributed by atoms with E-state index in [0.717, 1.165) is 28.2 Å². The highest BCUT2D eigenvalue weighted by molar-refractivity contribution is 6.09. The minimum atomic E-state index is 0.822. The average molecular weight is 454 g/mol. The van der Waals surface area contributed by atoms with E-state index in [0.29, 0.717) is 0 Å². The molecule has 0 unspecified atom stereocenters. The molecule has 0 radical (unpaired) electrons. The third kappa shape index (κ3) is 3.69. The fraction of sp³-hybridized carbons (Fsp3) is 0. The van der Waals surface area contributed by atoms with E-state index in [1.165, 1.54) is 28.0 Å². The number of aromatic nitrogens is 3. The molecule has 0 aliphatic rings. The van der Waals surface area contributed by atoms with Gasteiger partial charge in [0.25, 0.3) is 0 Å². The first-order valence-corrected chi connectivity index (χ1v) is 11.5. The Labute approximate surface area is 203 Å². The zero-order chi connectivity index (χ0) is 23.6. The predicted octanol–water partition coefficient (Wildman–Crippen LogP) is 6.81. The van der Waals surface area contributed by atoms with Gasteiger partial charge in [0.15, 0.2) is 0 Å². The zero-order valence-electron chi connectivity index (χ0n) is 19.0. The van der Waals surface area contributed by atoms with Crippen molar-refractivity contribution >= 4 is 33.7 Å². The van der Waals surface area contributed by atoms with E-state index in [-0.39, 0.29) is 0 Å². The molecule has 2 aromatic heterocycles. The molecule has 5 heteroatoms. The molecule has 5 nitrogen and oxygen atoms in total. The van der Waals surface area contributed by atoms with Crippen LogP contribution in [-0.2, 0) is 0 Å². The average Bonchev–Trinajstić information content (AvgIpc) is 3.56. The Morgan fingerprint density at radius 1 is 0.771 bits per heavy atom. The first-order valence-electron chi connectivity index (χ1n) is 11.5. The SMILES string of the molecule is NC=CC=Nc1cc(-c2ccccc2-n2c3ccccc3c3ccccc32)cc(-n2cccn2)c1. The Bertz CT molecular complexity index is 1650. The molecule has 0 saturated carbocycles. The number of nitrogens with zero attached hydrogens (tertiary/aromatic N) is 4. The lowest BCUT2D eigenvalue weighted by atomic mass is 10.0. The molecule has 0 fully saturated rings. The summed E-state index contributed by atoms with van der Waals surface area (Å²) < 4.78 is 4.20. The second kappa shape index (κ2) is 8.80. The van der Waals surface area contributed by atoms with Crippen LogP contribution in [0.25, 0.3) is 44.3 Å². The van der Waals surface area contributed by atoms with Crippen molar-refractivity contribution < 1.29 is 0 Å². The van der Waals surface area contributed by atoms with Gasteiger partial charge in [-0.05, 0) is 60.3 Å². The Kier molecular flexibility index (Phi) is 5.20. The van der Waals surface area contributed by atoms with Crippen LogP contribution in [-0.4, -0.2) is 20.6 Å². The van der Waals surface area contributed by atoms with E-state index < -0.39 is 0 Å². The third-order valence-corrected chi connectivity index (χ3v) is 6.13. The van der Waals surface area contributed by atoms with Gasteiger partial charge in [-0.15, -0.1) is 0 Å². The van der Waals surface area contributed by atoms with Crippen LogP contribution in [0, 0.1) is 0 Å². The number of hydrogen-bond acceptors (Lipinski definition) is 3. The lowest BCUT2D eigenvalue weighted by Gasteiger charge is -2.15. The van der Waals surface area contributed by atoms with Gasteiger partial charge in [-0.25, -0.2) is 4.68 Å². The lowest BCUT2D eigenvalue weighted by molar-refractivity contribution is 0.881. The predicted molar refractivity (Wildman–Crippen MR) is 145 cm³/mol. The quantitative estimate of drug-likeness (QED) is 0.291. The summed E-state index contributed by atoms with van der Waals surface area (Å²) in [6.45, 7) is 0. The molecule has 0 amide bonds. The second-order valence-electron chi connectivity index (χ2n) is 8.24. The van der Waals surface area contributed by atoms with Crippen molar-refractivity contribution in [3.05, 3.63) is 122 Å². The molecule has 35 heavy (non-hydrogen) atoms. The van der Waals surface area contributed by atoms with E-state index >= 15 is 0 Å². The molecule has 0 atom stereocenters. The summed E-state index contributed by atoms with van der Waals surface area (Å²) in [6, 6.07) is 33.8. The largest absolute Gasteiger partial charge is 0.405 e. The summed E-state index contributed by atoms with van der Waals surface area (Å²) >= 11 is 0. The highest BCUT2D eigenvalue weighted by Crippen LogP contribution is 2.37. The van der Waals surface area contributed by atoms with Crippen LogP contribution in [0.3, 0.4) is 0 Å². The fourth-order valence-corrected chi connectivity index (χ4v) is 4.65. The summed E-state index contributed by atoms with van der Waals surface area (Å²) in [5.41, 5.74) is 12.9. The summed E-state index contributed by atoms with van der Waals surface area (Å²) in [4.78, 5) is 4.61. The number of rotatable bonds is 5. The van der Waals surface area contributed by atoms with E-state index in [1.807, 2.05) is 23.0 Å². The number of benzene rings is 4.